The third-order valence-electron chi connectivity index (χ3n) is 3.64. The van der Waals surface area contributed by atoms with E-state index in [0.29, 0.717) is 16.9 Å². The van der Waals surface area contributed by atoms with Gasteiger partial charge in [-0.15, -0.1) is 0 Å². The number of halogens is 1. The molecule has 0 saturated heterocycles. The highest BCUT2D eigenvalue weighted by atomic mass is 19.1. The third kappa shape index (κ3) is 3.92. The lowest BCUT2D eigenvalue weighted by Crippen LogP contribution is -2.24. The quantitative estimate of drug-likeness (QED) is 0.552. The lowest BCUT2D eigenvalue weighted by Gasteiger charge is -2.12. The molecular formula is C19H16FN3O2. The van der Waals surface area contributed by atoms with Gasteiger partial charge in [0.25, 0.3) is 0 Å². The molecule has 0 aromatic heterocycles. The molecule has 0 spiro atoms. The Hall–Kier alpha value is -3.41. The summed E-state index contributed by atoms with van der Waals surface area (Å²) in [6.07, 6.45) is 1.46. The molecule has 25 heavy (non-hydrogen) atoms. The third-order valence-corrected chi connectivity index (χ3v) is 3.64. The van der Waals surface area contributed by atoms with Crippen LogP contribution in [0, 0.1) is 5.82 Å². The summed E-state index contributed by atoms with van der Waals surface area (Å²) in [4.78, 5) is 10.8. The predicted octanol–water partition coefficient (Wildman–Crippen LogP) is 3.56. The molecule has 3 aromatic rings. The van der Waals surface area contributed by atoms with Gasteiger partial charge in [0.05, 0.1) is 6.21 Å². The summed E-state index contributed by atoms with van der Waals surface area (Å²) in [7, 11) is 0. The van der Waals surface area contributed by atoms with Crippen molar-refractivity contribution in [1.29, 1.82) is 0 Å². The molecule has 0 saturated carbocycles. The molecule has 0 aliphatic heterocycles. The van der Waals surface area contributed by atoms with Crippen LogP contribution in [0.25, 0.3) is 10.8 Å². The van der Waals surface area contributed by atoms with Gasteiger partial charge in [-0.3, -0.25) is 0 Å². The predicted molar refractivity (Wildman–Crippen MR) is 95.0 cm³/mol. The first kappa shape index (κ1) is 16.4. The summed E-state index contributed by atoms with van der Waals surface area (Å²) in [5.74, 6) is 0.200. The molecule has 0 unspecified atom stereocenters. The normalized spacial score (nSPS) is 10.9. The first-order valence-corrected chi connectivity index (χ1v) is 7.61. The van der Waals surface area contributed by atoms with Gasteiger partial charge in [0, 0.05) is 11.1 Å². The Kier molecular flexibility index (Phi) is 4.89. The largest absolute Gasteiger partial charge is 0.488 e. The van der Waals surface area contributed by atoms with Crippen molar-refractivity contribution in [2.45, 2.75) is 6.61 Å². The van der Waals surface area contributed by atoms with Gasteiger partial charge >= 0.3 is 6.03 Å². The van der Waals surface area contributed by atoms with Crippen LogP contribution < -0.4 is 15.9 Å². The van der Waals surface area contributed by atoms with E-state index in [1.54, 1.807) is 24.3 Å². The van der Waals surface area contributed by atoms with E-state index < -0.39 is 6.03 Å². The number of carbonyl (C=O) groups excluding carboxylic acids is 1. The molecule has 0 atom stereocenters. The van der Waals surface area contributed by atoms with Gasteiger partial charge in [-0.25, -0.2) is 14.6 Å². The van der Waals surface area contributed by atoms with Crippen molar-refractivity contribution >= 4 is 23.0 Å². The molecule has 0 heterocycles. The molecule has 0 fully saturated rings. The van der Waals surface area contributed by atoms with Crippen LogP contribution in [0.15, 0.2) is 65.8 Å². The van der Waals surface area contributed by atoms with Crippen molar-refractivity contribution in [3.05, 3.63) is 77.6 Å². The zero-order chi connectivity index (χ0) is 17.6. The van der Waals surface area contributed by atoms with Crippen molar-refractivity contribution in [2.75, 3.05) is 0 Å². The van der Waals surface area contributed by atoms with Crippen LogP contribution in [0.4, 0.5) is 9.18 Å². The Morgan fingerprint density at radius 1 is 1.12 bits per heavy atom. The first-order chi connectivity index (χ1) is 12.1. The summed E-state index contributed by atoms with van der Waals surface area (Å²) >= 11 is 0. The zero-order valence-corrected chi connectivity index (χ0v) is 13.3. The Balaban J connectivity index is 1.94. The number of hydrazone groups is 1. The van der Waals surface area contributed by atoms with Gasteiger partial charge in [-0.05, 0) is 22.9 Å². The van der Waals surface area contributed by atoms with E-state index in [-0.39, 0.29) is 12.4 Å². The number of fused-ring (bicyclic) bond motifs is 1. The number of rotatable bonds is 5. The monoisotopic (exact) mass is 337 g/mol. The van der Waals surface area contributed by atoms with Gasteiger partial charge in [0.15, 0.2) is 0 Å². The van der Waals surface area contributed by atoms with Gasteiger partial charge < -0.3 is 10.5 Å². The topological polar surface area (TPSA) is 76.7 Å². The van der Waals surface area contributed by atoms with Gasteiger partial charge in [-0.1, -0.05) is 48.5 Å². The number of hydrogen-bond acceptors (Lipinski definition) is 3. The van der Waals surface area contributed by atoms with E-state index in [1.807, 2.05) is 30.3 Å². The standard InChI is InChI=1S/C19H16FN3O2/c20-17-8-4-2-6-14(17)12-25-18-10-9-13-5-1-3-7-15(13)16(18)11-22-23-19(21)24/h1-11H,12H2,(H3,21,23,24). The number of benzene rings is 3. The van der Waals surface area contributed by atoms with Crippen LogP contribution in [-0.4, -0.2) is 12.2 Å². The average molecular weight is 337 g/mol. The fourth-order valence-electron chi connectivity index (χ4n) is 2.47. The zero-order valence-electron chi connectivity index (χ0n) is 13.3. The molecule has 0 radical (unpaired) electrons. The van der Waals surface area contributed by atoms with Crippen molar-refractivity contribution in [1.82, 2.24) is 5.43 Å². The highest BCUT2D eigenvalue weighted by Gasteiger charge is 2.09. The van der Waals surface area contributed by atoms with Crippen LogP contribution in [0.3, 0.4) is 0 Å². The van der Waals surface area contributed by atoms with Gasteiger partial charge in [0.1, 0.15) is 18.2 Å². The number of urea groups is 1. The van der Waals surface area contributed by atoms with Crippen LogP contribution in [0.1, 0.15) is 11.1 Å². The number of amides is 2. The highest BCUT2D eigenvalue weighted by molar-refractivity contribution is 6.02. The number of nitrogens with two attached hydrogens (primary N) is 1. The van der Waals surface area contributed by atoms with E-state index in [4.69, 9.17) is 10.5 Å². The minimum Gasteiger partial charge on any atom is -0.488 e. The number of carbonyl (C=O) groups is 1. The number of primary amides is 1. The van der Waals surface area contributed by atoms with Crippen LogP contribution >= 0.6 is 0 Å². The second-order valence-corrected chi connectivity index (χ2v) is 5.31. The van der Waals surface area contributed by atoms with E-state index in [0.717, 1.165) is 10.8 Å². The number of nitrogens with zero attached hydrogens (tertiary/aromatic N) is 1. The summed E-state index contributed by atoms with van der Waals surface area (Å²) in [5.41, 5.74) is 8.31. The van der Waals surface area contributed by atoms with Crippen molar-refractivity contribution in [2.24, 2.45) is 10.8 Å². The van der Waals surface area contributed by atoms with Crippen molar-refractivity contribution in [3.8, 4) is 5.75 Å². The fraction of sp³-hybridized carbons (Fsp3) is 0.0526. The summed E-state index contributed by atoms with van der Waals surface area (Å²) in [6, 6.07) is 17.0. The lowest BCUT2D eigenvalue weighted by molar-refractivity contribution is 0.249. The van der Waals surface area contributed by atoms with Crippen molar-refractivity contribution in [3.63, 3.8) is 0 Å². The minimum absolute atomic E-state index is 0.0785. The number of nitrogens with one attached hydrogen (secondary N) is 1. The maximum absolute atomic E-state index is 13.8. The SMILES string of the molecule is NC(=O)NN=Cc1c(OCc2ccccc2F)ccc2ccccc12. The molecule has 3 N–H and O–H groups in total. The smallest absolute Gasteiger partial charge is 0.332 e. The van der Waals surface area contributed by atoms with Crippen LogP contribution in [0.2, 0.25) is 0 Å². The highest BCUT2D eigenvalue weighted by Crippen LogP contribution is 2.27. The Morgan fingerprint density at radius 2 is 1.88 bits per heavy atom. The molecule has 3 aromatic carbocycles. The number of ether oxygens (including phenoxy) is 1. The summed E-state index contributed by atoms with van der Waals surface area (Å²) in [5, 5.41) is 5.70. The molecule has 0 bridgehead atoms. The Morgan fingerprint density at radius 3 is 2.68 bits per heavy atom. The first-order valence-electron chi connectivity index (χ1n) is 7.61. The Bertz CT molecular complexity index is 941. The molecule has 5 nitrogen and oxygen atoms in total. The van der Waals surface area contributed by atoms with E-state index in [9.17, 15) is 9.18 Å². The number of hydrogen-bond donors (Lipinski definition) is 2. The summed E-state index contributed by atoms with van der Waals surface area (Å²) < 4.78 is 19.6. The van der Waals surface area contributed by atoms with Crippen LogP contribution in [-0.2, 0) is 6.61 Å². The molecule has 3 rings (SSSR count). The minimum atomic E-state index is -0.759. The Labute approximate surface area is 143 Å². The van der Waals surface area contributed by atoms with E-state index in [1.165, 1.54) is 12.3 Å². The van der Waals surface area contributed by atoms with Gasteiger partial charge in [0.2, 0.25) is 0 Å². The maximum atomic E-state index is 13.8. The van der Waals surface area contributed by atoms with Crippen LogP contribution in [0.5, 0.6) is 5.75 Å². The van der Waals surface area contributed by atoms with E-state index in [2.05, 4.69) is 10.5 Å². The molecule has 6 heteroatoms. The molecule has 0 aliphatic rings. The van der Waals surface area contributed by atoms with Gasteiger partial charge in [-0.2, -0.15) is 5.10 Å². The molecule has 0 aliphatic carbocycles. The lowest BCUT2D eigenvalue weighted by atomic mass is 10.0. The molecular weight excluding hydrogens is 321 g/mol. The fourth-order valence-corrected chi connectivity index (χ4v) is 2.47. The van der Waals surface area contributed by atoms with E-state index >= 15 is 0 Å². The molecule has 2 amide bonds. The maximum Gasteiger partial charge on any atom is 0.332 e. The second-order valence-electron chi connectivity index (χ2n) is 5.31. The average Bonchev–Trinajstić information content (AvgIpc) is 2.61. The molecule has 126 valence electrons. The van der Waals surface area contributed by atoms with Crippen molar-refractivity contribution < 1.29 is 13.9 Å². The summed E-state index contributed by atoms with van der Waals surface area (Å²) in [6.45, 7) is 0.0785. The second kappa shape index (κ2) is 7.44.